The molecule has 0 saturated carbocycles. The van der Waals surface area contributed by atoms with Crippen molar-refractivity contribution in [2.75, 3.05) is 24.3 Å². The second-order valence-electron chi connectivity index (χ2n) is 5.07. The van der Waals surface area contributed by atoms with Crippen molar-refractivity contribution in [1.29, 1.82) is 0 Å². The van der Waals surface area contributed by atoms with E-state index in [1.807, 2.05) is 0 Å². The number of nitro groups is 1. The summed E-state index contributed by atoms with van der Waals surface area (Å²) in [5, 5.41) is 16.5. The highest BCUT2D eigenvalue weighted by molar-refractivity contribution is 5.93. The van der Waals surface area contributed by atoms with E-state index in [-0.39, 0.29) is 24.6 Å². The molecule has 1 amide bonds. The van der Waals surface area contributed by atoms with Crippen molar-refractivity contribution in [1.82, 2.24) is 0 Å². The van der Waals surface area contributed by atoms with Crippen LogP contribution in [0.2, 0.25) is 0 Å². The number of methoxy groups -OCH3 is 1. The normalized spacial score (nSPS) is 9.96. The Bertz CT molecular complexity index is 774. The van der Waals surface area contributed by atoms with E-state index in [0.29, 0.717) is 16.9 Å². The van der Waals surface area contributed by atoms with Crippen molar-refractivity contribution in [2.24, 2.45) is 0 Å². The molecule has 0 aliphatic rings. The fraction of sp³-hybridized carbons (Fsp3) is 0.176. The highest BCUT2D eigenvalue weighted by atomic mass is 16.6. The lowest BCUT2D eigenvalue weighted by Crippen LogP contribution is -2.16. The van der Waals surface area contributed by atoms with Gasteiger partial charge < -0.3 is 15.4 Å². The third-order valence-corrected chi connectivity index (χ3v) is 3.36. The molecule has 2 N–H and O–H groups in total. The topological polar surface area (TPSA) is 111 Å². The third-order valence-electron chi connectivity index (χ3n) is 3.36. The fourth-order valence-electron chi connectivity index (χ4n) is 2.12. The van der Waals surface area contributed by atoms with Crippen LogP contribution in [0, 0.1) is 10.1 Å². The molecular formula is C17H17N3O5. The lowest BCUT2D eigenvalue weighted by Gasteiger charge is -2.08. The maximum atomic E-state index is 11.9. The number of carbonyl (C=O) groups is 2. The summed E-state index contributed by atoms with van der Waals surface area (Å²) in [6, 6.07) is 12.5. The van der Waals surface area contributed by atoms with Crippen LogP contribution in [-0.4, -0.2) is 30.5 Å². The van der Waals surface area contributed by atoms with Gasteiger partial charge in [0, 0.05) is 24.7 Å². The highest BCUT2D eigenvalue weighted by Crippen LogP contribution is 2.22. The average Bonchev–Trinajstić information content (AvgIpc) is 2.62. The lowest BCUT2D eigenvalue weighted by molar-refractivity contribution is -0.384. The number of hydrogen-bond acceptors (Lipinski definition) is 6. The van der Waals surface area contributed by atoms with Crippen LogP contribution >= 0.6 is 0 Å². The summed E-state index contributed by atoms with van der Waals surface area (Å²) in [5.74, 6) is -0.705. The van der Waals surface area contributed by atoms with Gasteiger partial charge in [0.15, 0.2) is 0 Å². The molecule has 0 radical (unpaired) electrons. The van der Waals surface area contributed by atoms with Gasteiger partial charge in [0.05, 0.1) is 17.6 Å². The van der Waals surface area contributed by atoms with Gasteiger partial charge in [-0.15, -0.1) is 0 Å². The van der Waals surface area contributed by atoms with Gasteiger partial charge in [0.1, 0.15) is 5.69 Å². The Hall–Kier alpha value is -3.42. The number of hydrogen-bond donors (Lipinski definition) is 2. The fourth-order valence-corrected chi connectivity index (χ4v) is 2.12. The Labute approximate surface area is 144 Å². The first-order valence-electron chi connectivity index (χ1n) is 7.47. The minimum atomic E-state index is -0.481. The monoisotopic (exact) mass is 343 g/mol. The maximum Gasteiger partial charge on any atom is 0.337 e. The van der Waals surface area contributed by atoms with E-state index in [9.17, 15) is 19.7 Å². The van der Waals surface area contributed by atoms with Gasteiger partial charge in [0.25, 0.3) is 5.69 Å². The molecule has 2 aromatic carbocycles. The number of nitrogens with one attached hydrogen (secondary N) is 2. The number of nitro benzene ring substituents is 1. The van der Waals surface area contributed by atoms with Gasteiger partial charge in [-0.05, 0) is 30.3 Å². The quantitative estimate of drug-likeness (QED) is 0.454. The van der Waals surface area contributed by atoms with E-state index in [1.54, 1.807) is 42.5 Å². The first-order valence-corrected chi connectivity index (χ1v) is 7.47. The van der Waals surface area contributed by atoms with Gasteiger partial charge in [-0.25, -0.2) is 4.79 Å². The van der Waals surface area contributed by atoms with Crippen LogP contribution < -0.4 is 10.6 Å². The van der Waals surface area contributed by atoms with Crippen LogP contribution in [0.3, 0.4) is 0 Å². The summed E-state index contributed by atoms with van der Waals surface area (Å²) in [7, 11) is 1.29. The zero-order chi connectivity index (χ0) is 18.2. The van der Waals surface area contributed by atoms with E-state index < -0.39 is 10.9 Å². The summed E-state index contributed by atoms with van der Waals surface area (Å²) in [4.78, 5) is 33.7. The summed E-state index contributed by atoms with van der Waals surface area (Å²) in [6.45, 7) is 0.247. The summed E-state index contributed by atoms with van der Waals surface area (Å²) in [5.41, 5.74) is 1.26. The van der Waals surface area contributed by atoms with E-state index in [0.717, 1.165) is 0 Å². The zero-order valence-corrected chi connectivity index (χ0v) is 13.5. The zero-order valence-electron chi connectivity index (χ0n) is 13.5. The van der Waals surface area contributed by atoms with E-state index >= 15 is 0 Å². The van der Waals surface area contributed by atoms with Gasteiger partial charge in [0.2, 0.25) is 5.91 Å². The van der Waals surface area contributed by atoms with Gasteiger partial charge in [-0.1, -0.05) is 12.1 Å². The van der Waals surface area contributed by atoms with Crippen molar-refractivity contribution in [3.05, 3.63) is 64.2 Å². The number of carbonyl (C=O) groups excluding carboxylic acids is 2. The smallest absolute Gasteiger partial charge is 0.337 e. The number of esters is 1. The van der Waals surface area contributed by atoms with Crippen molar-refractivity contribution in [2.45, 2.75) is 6.42 Å². The van der Waals surface area contributed by atoms with Crippen LogP contribution in [0.25, 0.3) is 0 Å². The average molecular weight is 343 g/mol. The molecule has 2 rings (SSSR count). The molecule has 0 fully saturated rings. The Morgan fingerprint density at radius 1 is 1.12 bits per heavy atom. The van der Waals surface area contributed by atoms with Crippen molar-refractivity contribution < 1.29 is 19.2 Å². The van der Waals surface area contributed by atoms with E-state index in [4.69, 9.17) is 0 Å². The molecule has 0 atom stereocenters. The number of benzene rings is 2. The van der Waals surface area contributed by atoms with E-state index in [1.165, 1.54) is 13.2 Å². The second-order valence-corrected chi connectivity index (χ2v) is 5.07. The third kappa shape index (κ3) is 5.03. The minimum Gasteiger partial charge on any atom is -0.465 e. The summed E-state index contributed by atoms with van der Waals surface area (Å²) in [6.07, 6.45) is 0.130. The summed E-state index contributed by atoms with van der Waals surface area (Å²) < 4.78 is 4.60. The summed E-state index contributed by atoms with van der Waals surface area (Å²) >= 11 is 0. The maximum absolute atomic E-state index is 11.9. The number of amides is 1. The Balaban J connectivity index is 1.85. The number of rotatable bonds is 7. The Morgan fingerprint density at radius 2 is 1.80 bits per heavy atom. The standard InChI is InChI=1S/C17H17N3O5/c1-25-17(22)12-6-8-13(9-7-12)19-16(21)10-11-18-14-4-2-3-5-15(14)20(23)24/h2-9,18H,10-11H2,1H3,(H,19,21). The molecule has 0 aliphatic carbocycles. The van der Waals surface area contributed by atoms with Crippen LogP contribution in [0.4, 0.5) is 17.1 Å². The number of anilines is 2. The molecule has 8 heteroatoms. The number of ether oxygens (including phenoxy) is 1. The van der Waals surface area contributed by atoms with E-state index in [2.05, 4.69) is 15.4 Å². The molecule has 0 aliphatic heterocycles. The lowest BCUT2D eigenvalue weighted by atomic mass is 10.2. The second kappa shape index (κ2) is 8.44. The van der Waals surface area contributed by atoms with Crippen LogP contribution in [0.5, 0.6) is 0 Å². The molecule has 25 heavy (non-hydrogen) atoms. The molecule has 130 valence electrons. The van der Waals surface area contributed by atoms with Crippen LogP contribution in [-0.2, 0) is 9.53 Å². The minimum absolute atomic E-state index is 0.0405. The Morgan fingerprint density at radius 3 is 2.44 bits per heavy atom. The molecule has 0 spiro atoms. The predicted molar refractivity (Wildman–Crippen MR) is 92.6 cm³/mol. The van der Waals surface area contributed by atoms with Crippen LogP contribution in [0.1, 0.15) is 16.8 Å². The van der Waals surface area contributed by atoms with Gasteiger partial charge in [-0.3, -0.25) is 14.9 Å². The molecule has 2 aromatic rings. The molecule has 0 heterocycles. The van der Waals surface area contributed by atoms with Crippen LogP contribution in [0.15, 0.2) is 48.5 Å². The van der Waals surface area contributed by atoms with Gasteiger partial charge in [-0.2, -0.15) is 0 Å². The van der Waals surface area contributed by atoms with Crippen molar-refractivity contribution in [3.63, 3.8) is 0 Å². The van der Waals surface area contributed by atoms with Gasteiger partial charge >= 0.3 is 5.97 Å². The first-order chi connectivity index (χ1) is 12.0. The molecule has 0 bridgehead atoms. The predicted octanol–water partition coefficient (Wildman–Crippen LogP) is 2.82. The first kappa shape index (κ1) is 17.9. The molecular weight excluding hydrogens is 326 g/mol. The Kier molecular flexibility index (Phi) is 6.05. The molecule has 0 saturated heterocycles. The van der Waals surface area contributed by atoms with Crippen molar-refractivity contribution >= 4 is 28.9 Å². The van der Waals surface area contributed by atoms with Crippen molar-refractivity contribution in [3.8, 4) is 0 Å². The highest BCUT2D eigenvalue weighted by Gasteiger charge is 2.12. The largest absolute Gasteiger partial charge is 0.465 e. The molecule has 8 nitrogen and oxygen atoms in total. The number of nitrogens with zero attached hydrogens (tertiary/aromatic N) is 1. The molecule has 0 unspecified atom stereocenters. The molecule has 0 aromatic heterocycles. The number of para-hydroxylation sites is 2. The SMILES string of the molecule is COC(=O)c1ccc(NC(=O)CCNc2ccccc2[N+](=O)[O-])cc1.